The minimum atomic E-state index is -1.34. The Hall–Kier alpha value is -3.41. The van der Waals surface area contributed by atoms with Crippen molar-refractivity contribution in [3.8, 4) is 0 Å². The molecule has 2 aromatic rings. The summed E-state index contributed by atoms with van der Waals surface area (Å²) in [6, 6.07) is 16.5. The summed E-state index contributed by atoms with van der Waals surface area (Å²) < 4.78 is 10.4. The number of nitrogens with zero attached hydrogens (tertiary/aromatic N) is 1. The summed E-state index contributed by atoms with van der Waals surface area (Å²) in [5.74, 6) is -1.38. The van der Waals surface area contributed by atoms with E-state index in [4.69, 9.17) is 9.47 Å². The molecule has 4 rings (SSSR count). The monoisotopic (exact) mass is 391 g/mol. The fourth-order valence-electron chi connectivity index (χ4n) is 4.27. The van der Waals surface area contributed by atoms with E-state index in [1.165, 1.54) is 12.0 Å². The number of amides is 1. The fraction of sp³-hybridized carbons (Fsp3) is 0.261. The van der Waals surface area contributed by atoms with Crippen LogP contribution in [0.15, 0.2) is 60.2 Å². The zero-order chi connectivity index (χ0) is 20.6. The van der Waals surface area contributed by atoms with Gasteiger partial charge in [0.1, 0.15) is 0 Å². The molecule has 0 aromatic heterocycles. The van der Waals surface area contributed by atoms with Crippen molar-refractivity contribution >= 4 is 23.5 Å². The van der Waals surface area contributed by atoms with E-state index in [9.17, 15) is 14.4 Å². The summed E-state index contributed by atoms with van der Waals surface area (Å²) in [7, 11) is 1.30. The van der Waals surface area contributed by atoms with E-state index >= 15 is 0 Å². The quantitative estimate of drug-likeness (QED) is 0.733. The van der Waals surface area contributed by atoms with Crippen molar-refractivity contribution in [2.24, 2.45) is 0 Å². The number of hydrogen-bond acceptors (Lipinski definition) is 5. The van der Waals surface area contributed by atoms with Crippen LogP contribution in [0, 0.1) is 0 Å². The molecule has 0 N–H and O–H groups in total. The van der Waals surface area contributed by atoms with Gasteiger partial charge in [0.25, 0.3) is 5.91 Å². The Morgan fingerprint density at radius 1 is 1.03 bits per heavy atom. The van der Waals surface area contributed by atoms with Gasteiger partial charge < -0.3 is 9.47 Å². The second kappa shape index (κ2) is 7.20. The van der Waals surface area contributed by atoms with Gasteiger partial charge in [-0.3, -0.25) is 9.69 Å². The van der Waals surface area contributed by atoms with E-state index in [2.05, 4.69) is 0 Å². The fourth-order valence-corrected chi connectivity index (χ4v) is 4.27. The number of esters is 2. The maximum Gasteiger partial charge on any atom is 0.336 e. The Morgan fingerprint density at radius 2 is 1.69 bits per heavy atom. The van der Waals surface area contributed by atoms with E-state index < -0.39 is 17.5 Å². The highest BCUT2D eigenvalue weighted by Gasteiger charge is 2.59. The minimum Gasteiger partial charge on any atom is -0.467 e. The summed E-state index contributed by atoms with van der Waals surface area (Å²) in [5, 5.41) is 0. The number of methoxy groups -OCH3 is 1. The molecule has 6 nitrogen and oxygen atoms in total. The van der Waals surface area contributed by atoms with Crippen molar-refractivity contribution in [1.82, 2.24) is 4.90 Å². The Kier molecular flexibility index (Phi) is 4.70. The molecule has 0 radical (unpaired) electrons. The summed E-state index contributed by atoms with van der Waals surface area (Å²) in [5.41, 5.74) is 1.40. The molecule has 0 bridgehead atoms. The average Bonchev–Trinajstić information content (AvgIpc) is 3.24. The maximum absolute atomic E-state index is 13.4. The summed E-state index contributed by atoms with van der Waals surface area (Å²) in [4.78, 5) is 40.7. The van der Waals surface area contributed by atoms with Crippen molar-refractivity contribution in [2.75, 3.05) is 13.7 Å². The predicted molar refractivity (Wildman–Crippen MR) is 106 cm³/mol. The molecule has 2 heterocycles. The molecule has 1 unspecified atom stereocenters. The van der Waals surface area contributed by atoms with Crippen LogP contribution < -0.4 is 0 Å². The molecule has 148 valence electrons. The summed E-state index contributed by atoms with van der Waals surface area (Å²) in [6.45, 7) is 1.93. The first-order valence-electron chi connectivity index (χ1n) is 9.50. The van der Waals surface area contributed by atoms with Crippen LogP contribution in [0.5, 0.6) is 0 Å². The molecule has 0 aliphatic carbocycles. The van der Waals surface area contributed by atoms with Crippen molar-refractivity contribution < 1.29 is 23.9 Å². The first-order chi connectivity index (χ1) is 14.0. The molecule has 1 atom stereocenters. The Morgan fingerprint density at radius 3 is 2.34 bits per heavy atom. The lowest BCUT2D eigenvalue weighted by Crippen LogP contribution is -2.54. The molecule has 1 amide bonds. The van der Waals surface area contributed by atoms with Gasteiger partial charge >= 0.3 is 11.9 Å². The summed E-state index contributed by atoms with van der Waals surface area (Å²) in [6.07, 6.45) is 0.273. The van der Waals surface area contributed by atoms with Crippen LogP contribution in [-0.2, 0) is 25.5 Å². The second-order valence-corrected chi connectivity index (χ2v) is 7.10. The first-order valence-corrected chi connectivity index (χ1v) is 9.50. The lowest BCUT2D eigenvalue weighted by molar-refractivity contribution is -0.151. The molecule has 0 saturated heterocycles. The second-order valence-electron chi connectivity index (χ2n) is 7.10. The van der Waals surface area contributed by atoms with Gasteiger partial charge in [-0.25, -0.2) is 9.59 Å². The van der Waals surface area contributed by atoms with E-state index in [0.29, 0.717) is 22.4 Å². The minimum absolute atomic E-state index is 0.0445. The molecule has 2 aliphatic rings. The highest BCUT2D eigenvalue weighted by molar-refractivity contribution is 6.17. The van der Waals surface area contributed by atoms with Gasteiger partial charge in [-0.1, -0.05) is 48.5 Å². The third kappa shape index (κ3) is 2.83. The van der Waals surface area contributed by atoms with Gasteiger partial charge in [-0.15, -0.1) is 0 Å². The molecule has 0 fully saturated rings. The van der Waals surface area contributed by atoms with Crippen LogP contribution in [0.2, 0.25) is 0 Å². The Labute approximate surface area is 168 Å². The largest absolute Gasteiger partial charge is 0.467 e. The third-order valence-electron chi connectivity index (χ3n) is 5.45. The lowest BCUT2D eigenvalue weighted by Gasteiger charge is -2.35. The molecule has 0 saturated carbocycles. The van der Waals surface area contributed by atoms with Gasteiger partial charge in [0.15, 0.2) is 5.54 Å². The number of carbonyl (C=O) groups is 3. The van der Waals surface area contributed by atoms with E-state index in [-0.39, 0.29) is 25.4 Å². The van der Waals surface area contributed by atoms with Crippen LogP contribution in [0.4, 0.5) is 0 Å². The van der Waals surface area contributed by atoms with Crippen molar-refractivity contribution in [3.63, 3.8) is 0 Å². The molecule has 2 aromatic carbocycles. The number of ether oxygens (including phenoxy) is 2. The molecular formula is C23H21NO5. The van der Waals surface area contributed by atoms with Crippen molar-refractivity contribution in [2.45, 2.75) is 25.3 Å². The molecule has 29 heavy (non-hydrogen) atoms. The number of benzene rings is 2. The zero-order valence-corrected chi connectivity index (χ0v) is 16.3. The number of carbonyl (C=O) groups excluding carboxylic acids is 3. The van der Waals surface area contributed by atoms with Crippen LogP contribution in [0.1, 0.15) is 34.8 Å². The molecule has 2 aliphatic heterocycles. The normalized spacial score (nSPS) is 19.8. The highest BCUT2D eigenvalue weighted by atomic mass is 16.5. The van der Waals surface area contributed by atoms with Crippen LogP contribution in [-0.4, -0.2) is 42.0 Å². The van der Waals surface area contributed by atoms with Crippen molar-refractivity contribution in [3.05, 3.63) is 76.9 Å². The molecule has 0 spiro atoms. The smallest absolute Gasteiger partial charge is 0.336 e. The summed E-state index contributed by atoms with van der Waals surface area (Å²) >= 11 is 0. The van der Waals surface area contributed by atoms with Gasteiger partial charge in [0.05, 0.1) is 25.0 Å². The Bertz CT molecular complexity index is 1030. The Balaban J connectivity index is 1.91. The standard InChI is InChI=1S/C23H21NO5/c1-3-29-21(26)18-14-23(22(27)28-2,13-15-9-5-4-6-10-15)24-19(18)16-11-7-8-12-17(16)20(24)25/h4-12H,3,13-14H2,1-2H3. The first kappa shape index (κ1) is 18.9. The highest BCUT2D eigenvalue weighted by Crippen LogP contribution is 2.50. The predicted octanol–water partition coefficient (Wildman–Crippen LogP) is 2.97. The van der Waals surface area contributed by atoms with E-state index in [1.807, 2.05) is 30.3 Å². The van der Waals surface area contributed by atoms with Gasteiger partial charge in [-0.05, 0) is 18.6 Å². The van der Waals surface area contributed by atoms with Crippen LogP contribution in [0.25, 0.3) is 5.70 Å². The third-order valence-corrected chi connectivity index (χ3v) is 5.45. The van der Waals surface area contributed by atoms with E-state index in [0.717, 1.165) is 5.56 Å². The molecule has 6 heteroatoms. The van der Waals surface area contributed by atoms with Crippen LogP contribution >= 0.6 is 0 Å². The SMILES string of the molecule is CCOC(=O)C1=C2c3ccccc3C(=O)N2C(Cc2ccccc2)(C(=O)OC)C1. The average molecular weight is 391 g/mol. The van der Waals surface area contributed by atoms with Gasteiger partial charge in [-0.2, -0.15) is 0 Å². The maximum atomic E-state index is 13.4. The zero-order valence-electron chi connectivity index (χ0n) is 16.3. The topological polar surface area (TPSA) is 72.9 Å². The van der Waals surface area contributed by atoms with Crippen LogP contribution in [0.3, 0.4) is 0 Å². The van der Waals surface area contributed by atoms with Crippen molar-refractivity contribution in [1.29, 1.82) is 0 Å². The number of hydrogen-bond donors (Lipinski definition) is 0. The lowest BCUT2D eigenvalue weighted by atomic mass is 9.85. The molecular weight excluding hydrogens is 370 g/mol. The van der Waals surface area contributed by atoms with E-state index in [1.54, 1.807) is 31.2 Å². The number of rotatable bonds is 5. The van der Waals surface area contributed by atoms with Gasteiger partial charge in [0.2, 0.25) is 0 Å². The number of fused-ring (bicyclic) bond motifs is 3. The van der Waals surface area contributed by atoms with Gasteiger partial charge in [0, 0.05) is 24.0 Å².